The van der Waals surface area contributed by atoms with Crippen molar-refractivity contribution in [3.63, 3.8) is 0 Å². The van der Waals surface area contributed by atoms with E-state index in [2.05, 4.69) is 9.97 Å². The van der Waals surface area contributed by atoms with E-state index in [-0.39, 0.29) is 6.04 Å². The van der Waals surface area contributed by atoms with Crippen molar-refractivity contribution in [3.05, 3.63) is 18.0 Å². The SMILES string of the molecule is Cc1ccnc(N2CCN(CC(F)(F)F)C(C)C2)n1. The minimum absolute atomic E-state index is 0.167. The highest BCUT2D eigenvalue weighted by Crippen LogP contribution is 2.21. The highest BCUT2D eigenvalue weighted by atomic mass is 19.4. The second kappa shape index (κ2) is 5.32. The van der Waals surface area contributed by atoms with Gasteiger partial charge in [0.1, 0.15) is 0 Å². The first-order valence-electron chi connectivity index (χ1n) is 6.20. The average Bonchev–Trinajstić information content (AvgIpc) is 2.30. The molecule has 0 radical (unpaired) electrons. The monoisotopic (exact) mass is 274 g/mol. The number of hydrogen-bond acceptors (Lipinski definition) is 4. The summed E-state index contributed by atoms with van der Waals surface area (Å²) in [6.45, 7) is 4.22. The van der Waals surface area contributed by atoms with Crippen molar-refractivity contribution in [1.29, 1.82) is 0 Å². The van der Waals surface area contributed by atoms with E-state index in [0.29, 0.717) is 25.6 Å². The molecule has 1 unspecified atom stereocenters. The molecule has 1 fully saturated rings. The van der Waals surface area contributed by atoms with Gasteiger partial charge in [-0.25, -0.2) is 9.97 Å². The van der Waals surface area contributed by atoms with Crippen LogP contribution in [-0.2, 0) is 0 Å². The fourth-order valence-electron chi connectivity index (χ4n) is 2.23. The standard InChI is InChI=1S/C12H17F3N4/c1-9-3-4-16-11(17-9)18-5-6-19(10(2)7-18)8-12(13,14)15/h3-4,10H,5-8H2,1-2H3. The molecule has 0 aromatic carbocycles. The number of piperazine rings is 1. The van der Waals surface area contributed by atoms with Crippen molar-refractivity contribution < 1.29 is 13.2 Å². The molecule has 1 atom stereocenters. The largest absolute Gasteiger partial charge is 0.401 e. The Hall–Kier alpha value is -1.37. The smallest absolute Gasteiger partial charge is 0.338 e. The van der Waals surface area contributed by atoms with Gasteiger partial charge in [0.05, 0.1) is 6.54 Å². The molecule has 1 saturated heterocycles. The van der Waals surface area contributed by atoms with Gasteiger partial charge in [0.25, 0.3) is 0 Å². The summed E-state index contributed by atoms with van der Waals surface area (Å²) in [5, 5.41) is 0. The van der Waals surface area contributed by atoms with Crippen LogP contribution in [0.1, 0.15) is 12.6 Å². The summed E-state index contributed by atoms with van der Waals surface area (Å²) in [6.07, 6.45) is -2.47. The van der Waals surface area contributed by atoms with Crippen LogP contribution >= 0.6 is 0 Å². The molecule has 1 aliphatic heterocycles. The van der Waals surface area contributed by atoms with Crippen LogP contribution < -0.4 is 4.90 Å². The Balaban J connectivity index is 2.00. The van der Waals surface area contributed by atoms with Gasteiger partial charge in [0.15, 0.2) is 0 Å². The molecule has 2 rings (SSSR count). The molecule has 4 nitrogen and oxygen atoms in total. The van der Waals surface area contributed by atoms with Gasteiger partial charge in [0.2, 0.25) is 5.95 Å². The molecule has 1 aromatic heterocycles. The second-order valence-electron chi connectivity index (χ2n) is 4.88. The third-order valence-electron chi connectivity index (χ3n) is 3.21. The third kappa shape index (κ3) is 3.79. The Morgan fingerprint density at radius 3 is 2.68 bits per heavy atom. The molecule has 7 heteroatoms. The predicted molar refractivity (Wildman–Crippen MR) is 66.1 cm³/mol. The summed E-state index contributed by atoms with van der Waals surface area (Å²) >= 11 is 0. The van der Waals surface area contributed by atoms with E-state index in [1.165, 1.54) is 4.90 Å². The van der Waals surface area contributed by atoms with Crippen molar-refractivity contribution >= 4 is 5.95 Å². The molecule has 0 aliphatic carbocycles. The van der Waals surface area contributed by atoms with Crippen molar-refractivity contribution in [3.8, 4) is 0 Å². The molecule has 1 aliphatic rings. The highest BCUT2D eigenvalue weighted by molar-refractivity contribution is 5.31. The van der Waals surface area contributed by atoms with Crippen LogP contribution in [-0.4, -0.2) is 53.3 Å². The number of nitrogens with zero attached hydrogens (tertiary/aromatic N) is 4. The van der Waals surface area contributed by atoms with Crippen molar-refractivity contribution in [2.45, 2.75) is 26.1 Å². The lowest BCUT2D eigenvalue weighted by Crippen LogP contribution is -2.54. The number of halogens is 3. The normalized spacial score (nSPS) is 21.7. The van der Waals surface area contributed by atoms with Crippen LogP contribution in [0, 0.1) is 6.92 Å². The molecule has 0 spiro atoms. The molecule has 1 aromatic rings. The summed E-state index contributed by atoms with van der Waals surface area (Å²) in [7, 11) is 0. The quantitative estimate of drug-likeness (QED) is 0.824. The average molecular weight is 274 g/mol. The Kier molecular flexibility index (Phi) is 3.93. The van der Waals surface area contributed by atoms with Gasteiger partial charge in [-0.3, -0.25) is 4.90 Å². The molecular weight excluding hydrogens is 257 g/mol. The summed E-state index contributed by atoms with van der Waals surface area (Å²) in [5.41, 5.74) is 0.857. The topological polar surface area (TPSA) is 32.3 Å². The molecule has 0 saturated carbocycles. The van der Waals surface area contributed by atoms with E-state index in [1.54, 1.807) is 19.2 Å². The van der Waals surface area contributed by atoms with Gasteiger partial charge in [0, 0.05) is 37.6 Å². The minimum Gasteiger partial charge on any atom is -0.338 e. The van der Waals surface area contributed by atoms with Gasteiger partial charge < -0.3 is 4.90 Å². The predicted octanol–water partition coefficient (Wildman–Crippen LogP) is 1.86. The van der Waals surface area contributed by atoms with E-state index in [9.17, 15) is 13.2 Å². The molecular formula is C12H17F3N4. The maximum atomic E-state index is 12.4. The van der Waals surface area contributed by atoms with E-state index in [0.717, 1.165) is 5.69 Å². The first-order valence-corrected chi connectivity index (χ1v) is 6.20. The Morgan fingerprint density at radius 2 is 2.11 bits per heavy atom. The van der Waals surface area contributed by atoms with E-state index in [1.807, 2.05) is 11.8 Å². The lowest BCUT2D eigenvalue weighted by Gasteiger charge is -2.40. The zero-order chi connectivity index (χ0) is 14.0. The fraction of sp³-hybridized carbons (Fsp3) is 0.667. The van der Waals surface area contributed by atoms with Crippen LogP contribution in [0.2, 0.25) is 0 Å². The number of aryl methyl sites for hydroxylation is 1. The zero-order valence-electron chi connectivity index (χ0n) is 11.0. The second-order valence-corrected chi connectivity index (χ2v) is 4.88. The van der Waals surface area contributed by atoms with Crippen LogP contribution in [0.4, 0.5) is 19.1 Å². The van der Waals surface area contributed by atoms with Gasteiger partial charge in [-0.05, 0) is 19.9 Å². The lowest BCUT2D eigenvalue weighted by atomic mass is 10.2. The summed E-state index contributed by atoms with van der Waals surface area (Å²) < 4.78 is 37.2. The summed E-state index contributed by atoms with van der Waals surface area (Å²) in [6, 6.07) is 1.63. The van der Waals surface area contributed by atoms with Crippen LogP contribution in [0.5, 0.6) is 0 Å². The van der Waals surface area contributed by atoms with Gasteiger partial charge in [-0.1, -0.05) is 0 Å². The first-order chi connectivity index (χ1) is 8.85. The fourth-order valence-corrected chi connectivity index (χ4v) is 2.23. The number of anilines is 1. The maximum absolute atomic E-state index is 12.4. The Morgan fingerprint density at radius 1 is 1.37 bits per heavy atom. The zero-order valence-corrected chi connectivity index (χ0v) is 11.0. The molecule has 0 N–H and O–H groups in total. The molecule has 0 bridgehead atoms. The number of alkyl halides is 3. The van der Waals surface area contributed by atoms with Gasteiger partial charge in [-0.2, -0.15) is 13.2 Å². The lowest BCUT2D eigenvalue weighted by molar-refractivity contribution is -0.150. The molecule has 106 valence electrons. The summed E-state index contributed by atoms with van der Waals surface area (Å²) in [4.78, 5) is 11.9. The highest BCUT2D eigenvalue weighted by Gasteiger charge is 2.35. The third-order valence-corrected chi connectivity index (χ3v) is 3.21. The Labute approximate surface area is 110 Å². The summed E-state index contributed by atoms with van der Waals surface area (Å²) in [5.74, 6) is 0.596. The number of rotatable bonds is 2. The first kappa shape index (κ1) is 14.0. The van der Waals surface area contributed by atoms with E-state index >= 15 is 0 Å². The Bertz CT molecular complexity index is 435. The maximum Gasteiger partial charge on any atom is 0.401 e. The van der Waals surface area contributed by atoms with Crippen molar-refractivity contribution in [2.24, 2.45) is 0 Å². The van der Waals surface area contributed by atoms with Crippen LogP contribution in [0.15, 0.2) is 12.3 Å². The number of aromatic nitrogens is 2. The van der Waals surface area contributed by atoms with Crippen LogP contribution in [0.25, 0.3) is 0 Å². The molecule has 0 amide bonds. The van der Waals surface area contributed by atoms with Crippen LogP contribution in [0.3, 0.4) is 0 Å². The molecule has 2 heterocycles. The van der Waals surface area contributed by atoms with E-state index in [4.69, 9.17) is 0 Å². The minimum atomic E-state index is -4.14. The number of hydrogen-bond donors (Lipinski definition) is 0. The van der Waals surface area contributed by atoms with E-state index < -0.39 is 12.7 Å². The molecule has 19 heavy (non-hydrogen) atoms. The van der Waals surface area contributed by atoms with Crippen molar-refractivity contribution in [1.82, 2.24) is 14.9 Å². The van der Waals surface area contributed by atoms with Gasteiger partial charge in [-0.15, -0.1) is 0 Å². The van der Waals surface area contributed by atoms with Crippen molar-refractivity contribution in [2.75, 3.05) is 31.1 Å². The van der Waals surface area contributed by atoms with Gasteiger partial charge >= 0.3 is 6.18 Å².